The predicted octanol–water partition coefficient (Wildman–Crippen LogP) is 4.31. The van der Waals surface area contributed by atoms with Crippen LogP contribution < -0.4 is 15.8 Å². The smallest absolute Gasteiger partial charge is 0.295 e. The number of amides is 1. The van der Waals surface area contributed by atoms with Gasteiger partial charge in [0.25, 0.3) is 5.56 Å². The zero-order valence-corrected chi connectivity index (χ0v) is 20.1. The number of hydrogen-bond donors (Lipinski definition) is 1. The minimum atomic E-state index is -0.226. The van der Waals surface area contributed by atoms with Crippen molar-refractivity contribution in [1.82, 2.24) is 14.5 Å². The quantitative estimate of drug-likeness (QED) is 0.473. The predicted molar refractivity (Wildman–Crippen MR) is 139 cm³/mol. The average molecular weight is 468 g/mol. The summed E-state index contributed by atoms with van der Waals surface area (Å²) in [7, 11) is 0. The molecule has 0 bridgehead atoms. The molecule has 1 aliphatic rings. The first-order valence-electron chi connectivity index (χ1n) is 12.0. The minimum absolute atomic E-state index is 0.0147. The van der Waals surface area contributed by atoms with Gasteiger partial charge in [0.1, 0.15) is 5.52 Å². The summed E-state index contributed by atoms with van der Waals surface area (Å²) < 4.78 is 1.69. The topological polar surface area (TPSA) is 80.1 Å². The van der Waals surface area contributed by atoms with Crippen molar-refractivity contribution in [3.8, 4) is 0 Å². The number of carbonyl (C=O) groups is 1. The molecular weight excluding hydrogens is 438 g/mol. The van der Waals surface area contributed by atoms with Gasteiger partial charge in [-0.1, -0.05) is 48.5 Å². The summed E-state index contributed by atoms with van der Waals surface area (Å²) in [5, 5.41) is 3.13. The van der Waals surface area contributed by atoms with Gasteiger partial charge >= 0.3 is 0 Å². The maximum atomic E-state index is 13.7. The number of anilines is 2. The SMILES string of the molecule is Cc1cccc(C)c1NC(=O)C1CCCN(c2nc3cccnc3n(Cc3ccccc3)c2=O)C1. The monoisotopic (exact) mass is 467 g/mol. The molecule has 1 fully saturated rings. The molecule has 7 heteroatoms. The second kappa shape index (κ2) is 9.70. The van der Waals surface area contributed by atoms with Crippen molar-refractivity contribution in [1.29, 1.82) is 0 Å². The van der Waals surface area contributed by atoms with E-state index in [0.29, 0.717) is 36.6 Å². The van der Waals surface area contributed by atoms with Gasteiger partial charge in [-0.25, -0.2) is 9.97 Å². The van der Waals surface area contributed by atoms with Crippen LogP contribution in [0.2, 0.25) is 0 Å². The summed E-state index contributed by atoms with van der Waals surface area (Å²) in [5.74, 6) is 0.140. The van der Waals surface area contributed by atoms with Crippen LogP contribution in [-0.4, -0.2) is 33.5 Å². The fraction of sp³-hybridized carbons (Fsp3) is 0.286. The molecule has 0 saturated carbocycles. The van der Waals surface area contributed by atoms with Crippen LogP contribution in [0.25, 0.3) is 11.2 Å². The van der Waals surface area contributed by atoms with Crippen molar-refractivity contribution in [2.24, 2.45) is 5.92 Å². The molecule has 0 spiro atoms. The lowest BCUT2D eigenvalue weighted by atomic mass is 9.96. The van der Waals surface area contributed by atoms with Gasteiger partial charge in [0.15, 0.2) is 11.5 Å². The Morgan fingerprint density at radius 1 is 1.03 bits per heavy atom. The summed E-state index contributed by atoms with van der Waals surface area (Å²) in [6.45, 7) is 5.55. The molecule has 0 radical (unpaired) electrons. The molecule has 1 saturated heterocycles. The van der Waals surface area contributed by atoms with E-state index in [1.165, 1.54) is 0 Å². The highest BCUT2D eigenvalue weighted by molar-refractivity contribution is 5.94. The fourth-order valence-electron chi connectivity index (χ4n) is 4.80. The Labute approximate surface area is 204 Å². The van der Waals surface area contributed by atoms with Crippen LogP contribution in [0.5, 0.6) is 0 Å². The van der Waals surface area contributed by atoms with Crippen LogP contribution in [0.1, 0.15) is 29.5 Å². The van der Waals surface area contributed by atoms with Gasteiger partial charge < -0.3 is 10.2 Å². The standard InChI is InChI=1S/C28H29N5O2/c1-19-9-6-10-20(2)24(19)31-27(34)22-13-8-16-32(18-22)26-28(35)33(17-21-11-4-3-5-12-21)25-23(30-26)14-7-15-29-25/h3-7,9-12,14-15,22H,8,13,16-18H2,1-2H3,(H,31,34). The molecule has 1 amide bonds. The third-order valence-corrected chi connectivity index (χ3v) is 6.69. The molecular formula is C28H29N5O2. The summed E-state index contributed by atoms with van der Waals surface area (Å²) >= 11 is 0. The highest BCUT2D eigenvalue weighted by atomic mass is 16.2. The van der Waals surface area contributed by atoms with E-state index in [4.69, 9.17) is 4.98 Å². The molecule has 1 aliphatic heterocycles. The van der Waals surface area contributed by atoms with Gasteiger partial charge in [-0.05, 0) is 55.5 Å². The molecule has 35 heavy (non-hydrogen) atoms. The van der Waals surface area contributed by atoms with Crippen LogP contribution >= 0.6 is 0 Å². The lowest BCUT2D eigenvalue weighted by molar-refractivity contribution is -0.120. The minimum Gasteiger partial charge on any atom is -0.351 e. The number of rotatable bonds is 5. The molecule has 2 aromatic carbocycles. The summed E-state index contributed by atoms with van der Waals surface area (Å²) in [5.41, 5.74) is 5.01. The maximum Gasteiger partial charge on any atom is 0.295 e. The van der Waals surface area contributed by atoms with Crippen molar-refractivity contribution < 1.29 is 4.79 Å². The molecule has 5 rings (SSSR count). The average Bonchev–Trinajstić information content (AvgIpc) is 2.88. The van der Waals surface area contributed by atoms with E-state index in [1.54, 1.807) is 10.8 Å². The van der Waals surface area contributed by atoms with Crippen LogP contribution in [0.15, 0.2) is 71.7 Å². The highest BCUT2D eigenvalue weighted by Gasteiger charge is 2.29. The largest absolute Gasteiger partial charge is 0.351 e. The van der Waals surface area contributed by atoms with Gasteiger partial charge in [-0.15, -0.1) is 0 Å². The molecule has 1 atom stereocenters. The summed E-state index contributed by atoms with van der Waals surface area (Å²) in [6.07, 6.45) is 3.27. The number of para-hydroxylation sites is 1. The number of nitrogens with zero attached hydrogens (tertiary/aromatic N) is 4. The molecule has 2 aromatic heterocycles. The zero-order valence-electron chi connectivity index (χ0n) is 20.1. The van der Waals surface area contributed by atoms with E-state index in [0.717, 1.165) is 35.2 Å². The Morgan fingerprint density at radius 3 is 2.57 bits per heavy atom. The summed E-state index contributed by atoms with van der Waals surface area (Å²) in [4.78, 5) is 38.0. The number of hydrogen-bond acceptors (Lipinski definition) is 5. The lowest BCUT2D eigenvalue weighted by Crippen LogP contribution is -2.44. The number of piperidine rings is 1. The molecule has 178 valence electrons. The van der Waals surface area contributed by atoms with Crippen molar-refractivity contribution in [2.75, 3.05) is 23.3 Å². The van der Waals surface area contributed by atoms with E-state index in [2.05, 4.69) is 10.3 Å². The second-order valence-electron chi connectivity index (χ2n) is 9.20. The van der Waals surface area contributed by atoms with Gasteiger partial charge in [-0.3, -0.25) is 14.2 Å². The van der Waals surface area contributed by atoms with Crippen molar-refractivity contribution in [3.05, 3.63) is 93.9 Å². The number of benzene rings is 2. The number of fused-ring (bicyclic) bond motifs is 1. The Balaban J connectivity index is 1.45. The fourth-order valence-corrected chi connectivity index (χ4v) is 4.80. The first kappa shape index (κ1) is 22.8. The molecule has 0 aliphatic carbocycles. The van der Waals surface area contributed by atoms with Crippen molar-refractivity contribution >= 4 is 28.6 Å². The second-order valence-corrected chi connectivity index (χ2v) is 9.20. The van der Waals surface area contributed by atoms with Gasteiger partial charge in [-0.2, -0.15) is 0 Å². The highest BCUT2D eigenvalue weighted by Crippen LogP contribution is 2.25. The Kier molecular flexibility index (Phi) is 6.31. The Hall–Kier alpha value is -4.00. The number of aromatic nitrogens is 3. The third kappa shape index (κ3) is 4.67. The first-order chi connectivity index (χ1) is 17.0. The van der Waals surface area contributed by atoms with E-state index in [-0.39, 0.29) is 17.4 Å². The van der Waals surface area contributed by atoms with Crippen LogP contribution in [-0.2, 0) is 11.3 Å². The van der Waals surface area contributed by atoms with Gasteiger partial charge in [0.05, 0.1) is 12.5 Å². The molecule has 3 heterocycles. The molecule has 7 nitrogen and oxygen atoms in total. The number of pyridine rings is 1. The Morgan fingerprint density at radius 2 is 1.80 bits per heavy atom. The zero-order chi connectivity index (χ0) is 24.4. The summed E-state index contributed by atoms with van der Waals surface area (Å²) in [6, 6.07) is 19.6. The lowest BCUT2D eigenvalue weighted by Gasteiger charge is -2.33. The van der Waals surface area contributed by atoms with Gasteiger partial charge in [0, 0.05) is 25.0 Å². The van der Waals surface area contributed by atoms with E-state index in [1.807, 2.05) is 79.4 Å². The van der Waals surface area contributed by atoms with Crippen LogP contribution in [0.3, 0.4) is 0 Å². The van der Waals surface area contributed by atoms with Crippen molar-refractivity contribution in [3.63, 3.8) is 0 Å². The number of carbonyl (C=O) groups excluding carboxylic acids is 1. The van der Waals surface area contributed by atoms with E-state index in [9.17, 15) is 9.59 Å². The van der Waals surface area contributed by atoms with Crippen LogP contribution in [0, 0.1) is 19.8 Å². The normalized spacial score (nSPS) is 15.8. The van der Waals surface area contributed by atoms with Gasteiger partial charge in [0.2, 0.25) is 5.91 Å². The molecule has 4 aromatic rings. The molecule has 1 unspecified atom stereocenters. The maximum absolute atomic E-state index is 13.7. The van der Waals surface area contributed by atoms with E-state index >= 15 is 0 Å². The Bertz CT molecular complexity index is 1410. The molecule has 1 N–H and O–H groups in total. The first-order valence-corrected chi connectivity index (χ1v) is 12.0. The van der Waals surface area contributed by atoms with Crippen LogP contribution in [0.4, 0.5) is 11.5 Å². The number of aryl methyl sites for hydroxylation is 2. The van der Waals surface area contributed by atoms with E-state index < -0.39 is 0 Å². The van der Waals surface area contributed by atoms with Crippen molar-refractivity contribution in [2.45, 2.75) is 33.2 Å². The third-order valence-electron chi connectivity index (χ3n) is 6.69. The number of nitrogens with one attached hydrogen (secondary N) is 1.